The third kappa shape index (κ3) is 3.80. The zero-order chi connectivity index (χ0) is 15.3. The standard InChI is InChI=1S/C14H19N3O3S/c1-20-13-4-7-17(8-5-13)21(18,19)14-9-12(3-2-6-15)10-16-11-14/h9-11,13H,4-8,15H2,1H3. The molecule has 1 aliphatic rings. The molecule has 7 heteroatoms. The van der Waals surface area contributed by atoms with E-state index in [-0.39, 0.29) is 17.5 Å². The average Bonchev–Trinajstić information content (AvgIpc) is 2.53. The zero-order valence-corrected chi connectivity index (χ0v) is 12.8. The Labute approximate surface area is 125 Å². The molecule has 21 heavy (non-hydrogen) atoms. The molecule has 0 aromatic carbocycles. The van der Waals surface area contributed by atoms with Crippen molar-refractivity contribution in [3.63, 3.8) is 0 Å². The minimum Gasteiger partial charge on any atom is -0.381 e. The quantitative estimate of drug-likeness (QED) is 0.806. The predicted molar refractivity (Wildman–Crippen MR) is 79.0 cm³/mol. The van der Waals surface area contributed by atoms with Crippen molar-refractivity contribution in [2.45, 2.75) is 23.8 Å². The number of piperidine rings is 1. The largest absolute Gasteiger partial charge is 0.381 e. The summed E-state index contributed by atoms with van der Waals surface area (Å²) >= 11 is 0. The van der Waals surface area contributed by atoms with Gasteiger partial charge in [-0.05, 0) is 18.9 Å². The third-order valence-corrected chi connectivity index (χ3v) is 5.28. The maximum absolute atomic E-state index is 12.6. The minimum absolute atomic E-state index is 0.135. The molecule has 0 radical (unpaired) electrons. The second-order valence-electron chi connectivity index (χ2n) is 4.75. The van der Waals surface area contributed by atoms with Gasteiger partial charge in [-0.3, -0.25) is 4.98 Å². The molecule has 1 aliphatic heterocycles. The monoisotopic (exact) mass is 309 g/mol. The van der Waals surface area contributed by atoms with Crippen LogP contribution in [-0.2, 0) is 14.8 Å². The van der Waals surface area contributed by atoms with Crippen molar-refractivity contribution in [2.24, 2.45) is 5.73 Å². The van der Waals surface area contributed by atoms with Crippen molar-refractivity contribution in [1.82, 2.24) is 9.29 Å². The van der Waals surface area contributed by atoms with Crippen LogP contribution in [0.25, 0.3) is 0 Å². The Morgan fingerprint density at radius 2 is 2.14 bits per heavy atom. The smallest absolute Gasteiger partial charge is 0.244 e. The highest BCUT2D eigenvalue weighted by Crippen LogP contribution is 2.21. The highest BCUT2D eigenvalue weighted by molar-refractivity contribution is 7.89. The SMILES string of the molecule is COC1CCN(S(=O)(=O)c2cncc(C#CCN)c2)CC1. The van der Waals surface area contributed by atoms with E-state index in [1.54, 1.807) is 7.11 Å². The first kappa shape index (κ1) is 15.9. The van der Waals surface area contributed by atoms with Crippen LogP contribution in [0.2, 0.25) is 0 Å². The summed E-state index contributed by atoms with van der Waals surface area (Å²) in [5, 5.41) is 0. The molecule has 0 spiro atoms. The Bertz CT molecular complexity index is 641. The van der Waals surface area contributed by atoms with Crippen LogP contribution < -0.4 is 5.73 Å². The van der Waals surface area contributed by atoms with Gasteiger partial charge in [0.1, 0.15) is 4.90 Å². The molecule has 2 rings (SSSR count). The van der Waals surface area contributed by atoms with E-state index in [1.165, 1.54) is 22.8 Å². The summed E-state index contributed by atoms with van der Waals surface area (Å²) < 4.78 is 31.9. The molecule has 0 bridgehead atoms. The first-order chi connectivity index (χ1) is 10.1. The van der Waals surface area contributed by atoms with Crippen LogP contribution in [0.5, 0.6) is 0 Å². The van der Waals surface area contributed by atoms with Crippen molar-refractivity contribution in [3.8, 4) is 11.8 Å². The molecule has 1 saturated heterocycles. The van der Waals surface area contributed by atoms with Gasteiger partial charge in [-0.1, -0.05) is 11.8 Å². The van der Waals surface area contributed by atoms with Gasteiger partial charge in [-0.2, -0.15) is 4.31 Å². The lowest BCUT2D eigenvalue weighted by Crippen LogP contribution is -2.40. The summed E-state index contributed by atoms with van der Waals surface area (Å²) in [5.74, 6) is 5.48. The van der Waals surface area contributed by atoms with E-state index in [9.17, 15) is 8.42 Å². The Morgan fingerprint density at radius 1 is 1.43 bits per heavy atom. The van der Waals surface area contributed by atoms with Gasteiger partial charge >= 0.3 is 0 Å². The summed E-state index contributed by atoms with van der Waals surface area (Å²) in [6.07, 6.45) is 4.42. The lowest BCUT2D eigenvalue weighted by atomic mass is 10.1. The van der Waals surface area contributed by atoms with Gasteiger partial charge in [0.15, 0.2) is 0 Å². The number of pyridine rings is 1. The lowest BCUT2D eigenvalue weighted by Gasteiger charge is -2.30. The van der Waals surface area contributed by atoms with Crippen molar-refractivity contribution in [3.05, 3.63) is 24.0 Å². The molecule has 6 nitrogen and oxygen atoms in total. The molecule has 114 valence electrons. The lowest BCUT2D eigenvalue weighted by molar-refractivity contribution is 0.0604. The van der Waals surface area contributed by atoms with Gasteiger partial charge in [-0.25, -0.2) is 8.42 Å². The highest BCUT2D eigenvalue weighted by Gasteiger charge is 2.29. The fraction of sp³-hybridized carbons (Fsp3) is 0.500. The van der Waals surface area contributed by atoms with Crippen LogP contribution in [0, 0.1) is 11.8 Å². The molecule has 0 amide bonds. The Hall–Kier alpha value is -1.46. The molecular weight excluding hydrogens is 290 g/mol. The molecule has 0 atom stereocenters. The van der Waals surface area contributed by atoms with Crippen molar-refractivity contribution in [2.75, 3.05) is 26.7 Å². The number of sulfonamides is 1. The Morgan fingerprint density at radius 3 is 2.76 bits per heavy atom. The van der Waals surface area contributed by atoms with Crippen LogP contribution in [-0.4, -0.2) is 50.6 Å². The Balaban J connectivity index is 2.20. The number of nitrogens with zero attached hydrogens (tertiary/aromatic N) is 2. The molecule has 2 N–H and O–H groups in total. The highest BCUT2D eigenvalue weighted by atomic mass is 32.2. The Kier molecular flexibility index (Phi) is 5.31. The van der Waals surface area contributed by atoms with E-state index in [4.69, 9.17) is 10.5 Å². The fourth-order valence-electron chi connectivity index (χ4n) is 2.24. The summed E-state index contributed by atoms with van der Waals surface area (Å²) in [6.45, 7) is 1.14. The molecule has 0 saturated carbocycles. The number of aromatic nitrogens is 1. The van der Waals surface area contributed by atoms with Crippen molar-refractivity contribution >= 4 is 10.0 Å². The van der Waals surface area contributed by atoms with Crippen LogP contribution in [0.3, 0.4) is 0 Å². The first-order valence-electron chi connectivity index (χ1n) is 6.75. The second-order valence-corrected chi connectivity index (χ2v) is 6.69. The van der Waals surface area contributed by atoms with E-state index in [2.05, 4.69) is 16.8 Å². The number of ether oxygens (including phenoxy) is 1. The molecular formula is C14H19N3O3S. The summed E-state index contributed by atoms with van der Waals surface area (Å²) in [4.78, 5) is 4.12. The van der Waals surface area contributed by atoms with Gasteiger partial charge in [0.2, 0.25) is 10.0 Å². The van der Waals surface area contributed by atoms with Crippen LogP contribution in [0.15, 0.2) is 23.4 Å². The summed E-state index contributed by atoms with van der Waals surface area (Å²) in [7, 11) is -1.87. The topological polar surface area (TPSA) is 85.5 Å². The minimum atomic E-state index is -3.52. The van der Waals surface area contributed by atoms with Crippen molar-refractivity contribution < 1.29 is 13.2 Å². The molecule has 1 aromatic rings. The first-order valence-corrected chi connectivity index (χ1v) is 8.19. The average molecular weight is 309 g/mol. The molecule has 1 fully saturated rings. The number of methoxy groups -OCH3 is 1. The van der Waals surface area contributed by atoms with E-state index < -0.39 is 10.0 Å². The van der Waals surface area contributed by atoms with Crippen LogP contribution in [0.1, 0.15) is 18.4 Å². The van der Waals surface area contributed by atoms with Crippen LogP contribution in [0.4, 0.5) is 0 Å². The number of hydrogen-bond donors (Lipinski definition) is 1. The molecule has 0 aliphatic carbocycles. The summed E-state index contributed by atoms with van der Waals surface area (Å²) in [5.41, 5.74) is 5.86. The van der Waals surface area contributed by atoms with Gasteiger partial charge in [0.25, 0.3) is 0 Å². The van der Waals surface area contributed by atoms with E-state index in [0.717, 1.165) is 0 Å². The fourth-order valence-corrected chi connectivity index (χ4v) is 3.70. The number of hydrogen-bond acceptors (Lipinski definition) is 5. The maximum Gasteiger partial charge on any atom is 0.244 e. The van der Waals surface area contributed by atoms with Gasteiger partial charge < -0.3 is 10.5 Å². The summed E-state index contributed by atoms with van der Waals surface area (Å²) in [6, 6.07) is 1.54. The molecule has 0 unspecified atom stereocenters. The molecule has 2 heterocycles. The number of nitrogens with two attached hydrogens (primary N) is 1. The van der Waals surface area contributed by atoms with Gasteiger partial charge in [-0.15, -0.1) is 0 Å². The predicted octanol–water partition coefficient (Wildman–Crippen LogP) is 0.191. The number of rotatable bonds is 3. The molecule has 1 aromatic heterocycles. The van der Waals surface area contributed by atoms with Gasteiger partial charge in [0.05, 0.1) is 12.6 Å². The third-order valence-electron chi connectivity index (χ3n) is 3.42. The van der Waals surface area contributed by atoms with Crippen molar-refractivity contribution in [1.29, 1.82) is 0 Å². The van der Waals surface area contributed by atoms with E-state index in [0.29, 0.717) is 31.5 Å². The van der Waals surface area contributed by atoms with E-state index >= 15 is 0 Å². The van der Waals surface area contributed by atoms with Crippen LogP contribution >= 0.6 is 0 Å². The normalized spacial score (nSPS) is 17.2. The second kappa shape index (κ2) is 7.00. The maximum atomic E-state index is 12.6. The zero-order valence-electron chi connectivity index (χ0n) is 11.9. The van der Waals surface area contributed by atoms with E-state index in [1.807, 2.05) is 0 Å². The van der Waals surface area contributed by atoms with Gasteiger partial charge in [0, 0.05) is 38.2 Å².